The van der Waals surface area contributed by atoms with Crippen molar-refractivity contribution in [3.05, 3.63) is 59.1 Å². The summed E-state index contributed by atoms with van der Waals surface area (Å²) in [5, 5.41) is 2.89. The van der Waals surface area contributed by atoms with Crippen molar-refractivity contribution >= 4 is 44.9 Å². The number of rotatable bonds is 8. The molecule has 1 amide bonds. The summed E-state index contributed by atoms with van der Waals surface area (Å²) in [6.45, 7) is 0.171. The average molecular weight is 425 g/mol. The minimum absolute atomic E-state index is 0.106. The molecule has 0 unspecified atom stereocenters. The molecule has 0 saturated heterocycles. The van der Waals surface area contributed by atoms with E-state index >= 15 is 0 Å². The minimum atomic E-state index is -3.46. The number of anilines is 2. The van der Waals surface area contributed by atoms with Gasteiger partial charge in [0.2, 0.25) is 15.9 Å². The monoisotopic (exact) mass is 424 g/mol. The van der Waals surface area contributed by atoms with Crippen LogP contribution < -0.4 is 9.62 Å². The van der Waals surface area contributed by atoms with Gasteiger partial charge < -0.3 is 10.1 Å². The Bertz CT molecular complexity index is 948. The summed E-state index contributed by atoms with van der Waals surface area (Å²) >= 11 is 5.95. The van der Waals surface area contributed by atoms with Crippen molar-refractivity contribution in [1.82, 2.24) is 0 Å². The summed E-state index contributed by atoms with van der Waals surface area (Å²) < 4.78 is 30.0. The standard InChI is InChI=1S/C19H21ClN2O5S/c1-27-19(24)16-13-14(10-11-17(16)20)21-18(23)9-6-12-22(28(2,25)26)15-7-4-3-5-8-15/h3-5,7-8,10-11,13H,6,9,12H2,1-2H3,(H,21,23). The Morgan fingerprint density at radius 3 is 2.43 bits per heavy atom. The number of carbonyl (C=O) groups is 2. The van der Waals surface area contributed by atoms with E-state index in [1.807, 2.05) is 0 Å². The van der Waals surface area contributed by atoms with Crippen LogP contribution in [-0.2, 0) is 19.6 Å². The summed E-state index contributed by atoms with van der Waals surface area (Å²) in [6, 6.07) is 13.2. The lowest BCUT2D eigenvalue weighted by molar-refractivity contribution is -0.116. The number of nitrogens with one attached hydrogen (secondary N) is 1. The third-order valence-corrected chi connectivity index (χ3v) is 5.39. The number of nitrogens with zero attached hydrogens (tertiary/aromatic N) is 1. The van der Waals surface area contributed by atoms with Gasteiger partial charge in [-0.1, -0.05) is 29.8 Å². The van der Waals surface area contributed by atoms with Crippen molar-refractivity contribution in [3.63, 3.8) is 0 Å². The van der Waals surface area contributed by atoms with Crippen LogP contribution >= 0.6 is 11.6 Å². The number of hydrogen-bond acceptors (Lipinski definition) is 5. The first-order valence-corrected chi connectivity index (χ1v) is 10.7. The molecule has 0 bridgehead atoms. The molecule has 0 aliphatic heterocycles. The highest BCUT2D eigenvalue weighted by Gasteiger charge is 2.17. The van der Waals surface area contributed by atoms with E-state index in [0.29, 0.717) is 17.8 Å². The molecule has 28 heavy (non-hydrogen) atoms. The van der Waals surface area contributed by atoms with E-state index in [0.717, 1.165) is 6.26 Å². The van der Waals surface area contributed by atoms with Gasteiger partial charge in [-0.3, -0.25) is 9.10 Å². The van der Waals surface area contributed by atoms with Crippen molar-refractivity contribution in [1.29, 1.82) is 0 Å². The molecule has 1 N–H and O–H groups in total. The molecule has 0 spiro atoms. The van der Waals surface area contributed by atoms with Crippen LogP contribution in [-0.4, -0.2) is 40.2 Å². The van der Waals surface area contributed by atoms with Crippen LogP contribution in [0.5, 0.6) is 0 Å². The minimum Gasteiger partial charge on any atom is -0.465 e. The molecule has 0 aromatic heterocycles. The molecule has 2 rings (SSSR count). The Kier molecular flexibility index (Phi) is 7.42. The second kappa shape index (κ2) is 9.57. The zero-order chi connectivity index (χ0) is 20.7. The van der Waals surface area contributed by atoms with Crippen LogP contribution in [0.4, 0.5) is 11.4 Å². The van der Waals surface area contributed by atoms with Gasteiger partial charge in [-0.15, -0.1) is 0 Å². The van der Waals surface area contributed by atoms with Gasteiger partial charge in [0.05, 0.1) is 29.6 Å². The smallest absolute Gasteiger partial charge is 0.339 e. The number of benzene rings is 2. The van der Waals surface area contributed by atoms with Crippen LogP contribution in [0.1, 0.15) is 23.2 Å². The molecule has 150 valence electrons. The van der Waals surface area contributed by atoms with Crippen LogP contribution in [0, 0.1) is 0 Å². The fourth-order valence-corrected chi connectivity index (χ4v) is 3.72. The lowest BCUT2D eigenvalue weighted by atomic mass is 10.2. The lowest BCUT2D eigenvalue weighted by Crippen LogP contribution is -2.31. The van der Waals surface area contributed by atoms with Gasteiger partial charge in [-0.05, 0) is 36.8 Å². The molecule has 0 fully saturated rings. The van der Waals surface area contributed by atoms with Gasteiger partial charge >= 0.3 is 5.97 Å². The predicted octanol–water partition coefficient (Wildman–Crippen LogP) is 3.31. The Labute approximate surface area is 169 Å². The van der Waals surface area contributed by atoms with Crippen LogP contribution in [0.2, 0.25) is 5.02 Å². The number of halogens is 1. The molecule has 0 saturated carbocycles. The molecule has 7 nitrogen and oxygen atoms in total. The van der Waals surface area contributed by atoms with Gasteiger partial charge in [0.1, 0.15) is 0 Å². The number of para-hydroxylation sites is 1. The lowest BCUT2D eigenvalue weighted by Gasteiger charge is -2.22. The normalized spacial score (nSPS) is 11.0. The van der Waals surface area contributed by atoms with Crippen molar-refractivity contribution in [2.75, 3.05) is 29.5 Å². The SMILES string of the molecule is COC(=O)c1cc(NC(=O)CCCN(c2ccccc2)S(C)(=O)=O)ccc1Cl. The Hall–Kier alpha value is -2.58. The summed E-state index contributed by atoms with van der Waals surface area (Å²) in [4.78, 5) is 23.9. The molecular weight excluding hydrogens is 404 g/mol. The largest absolute Gasteiger partial charge is 0.465 e. The third kappa shape index (κ3) is 5.97. The summed E-state index contributed by atoms with van der Waals surface area (Å²) in [6.07, 6.45) is 1.56. The zero-order valence-corrected chi connectivity index (χ0v) is 17.1. The highest BCUT2D eigenvalue weighted by molar-refractivity contribution is 7.92. The van der Waals surface area contributed by atoms with Crippen LogP contribution in [0.25, 0.3) is 0 Å². The Morgan fingerprint density at radius 1 is 1.14 bits per heavy atom. The fourth-order valence-electron chi connectivity index (χ4n) is 2.56. The maximum absolute atomic E-state index is 12.2. The van der Waals surface area contributed by atoms with E-state index in [9.17, 15) is 18.0 Å². The number of methoxy groups -OCH3 is 1. The first kappa shape index (κ1) is 21.7. The zero-order valence-electron chi connectivity index (χ0n) is 15.5. The molecule has 0 heterocycles. The van der Waals surface area contributed by atoms with Gasteiger partial charge in [0, 0.05) is 18.7 Å². The molecule has 2 aromatic rings. The highest BCUT2D eigenvalue weighted by atomic mass is 35.5. The van der Waals surface area contributed by atoms with Crippen molar-refractivity contribution in [3.8, 4) is 0 Å². The quantitative estimate of drug-likeness (QED) is 0.656. The van der Waals surface area contributed by atoms with Gasteiger partial charge in [-0.2, -0.15) is 0 Å². The first-order valence-electron chi connectivity index (χ1n) is 8.43. The van der Waals surface area contributed by atoms with Gasteiger partial charge in [0.15, 0.2) is 0 Å². The second-order valence-electron chi connectivity index (χ2n) is 6.01. The van der Waals surface area contributed by atoms with E-state index in [4.69, 9.17) is 11.6 Å². The average Bonchev–Trinajstić information content (AvgIpc) is 2.65. The highest BCUT2D eigenvalue weighted by Crippen LogP contribution is 2.22. The van der Waals surface area contributed by atoms with Gasteiger partial charge in [0.25, 0.3) is 0 Å². The second-order valence-corrected chi connectivity index (χ2v) is 8.32. The maximum Gasteiger partial charge on any atom is 0.339 e. The van der Waals surface area contributed by atoms with E-state index in [1.165, 1.54) is 23.5 Å². The third-order valence-electron chi connectivity index (χ3n) is 3.86. The summed E-state index contributed by atoms with van der Waals surface area (Å²) in [7, 11) is -2.22. The number of sulfonamides is 1. The van der Waals surface area contributed by atoms with Gasteiger partial charge in [-0.25, -0.2) is 13.2 Å². The summed E-state index contributed by atoms with van der Waals surface area (Å²) in [5.74, 6) is -0.910. The van der Waals surface area contributed by atoms with Crippen LogP contribution in [0.15, 0.2) is 48.5 Å². The number of amides is 1. The van der Waals surface area contributed by atoms with Crippen molar-refractivity contribution in [2.45, 2.75) is 12.8 Å². The molecular formula is C19H21ClN2O5S. The molecule has 2 aromatic carbocycles. The van der Waals surface area contributed by atoms with E-state index in [2.05, 4.69) is 10.1 Å². The fraction of sp³-hybridized carbons (Fsp3) is 0.263. The predicted molar refractivity (Wildman–Crippen MR) is 109 cm³/mol. The number of ether oxygens (including phenoxy) is 1. The molecule has 0 aliphatic carbocycles. The Balaban J connectivity index is 1.98. The summed E-state index contributed by atoms with van der Waals surface area (Å²) in [5.41, 5.74) is 1.10. The van der Waals surface area contributed by atoms with E-state index in [1.54, 1.807) is 36.4 Å². The Morgan fingerprint density at radius 2 is 1.82 bits per heavy atom. The van der Waals surface area contributed by atoms with Crippen molar-refractivity contribution in [2.24, 2.45) is 0 Å². The number of carbonyl (C=O) groups excluding carboxylic acids is 2. The maximum atomic E-state index is 12.2. The van der Waals surface area contributed by atoms with Crippen LogP contribution in [0.3, 0.4) is 0 Å². The molecule has 0 radical (unpaired) electrons. The molecule has 0 aliphatic rings. The topological polar surface area (TPSA) is 92.8 Å². The molecule has 9 heteroatoms. The van der Waals surface area contributed by atoms with Crippen molar-refractivity contribution < 1.29 is 22.7 Å². The number of esters is 1. The number of hydrogen-bond donors (Lipinski definition) is 1. The first-order chi connectivity index (χ1) is 13.2. The van der Waals surface area contributed by atoms with E-state index in [-0.39, 0.29) is 29.5 Å². The van der Waals surface area contributed by atoms with E-state index < -0.39 is 16.0 Å². The molecule has 0 atom stereocenters.